The minimum absolute atomic E-state index is 0.100. The number of benzene rings is 2. The van der Waals surface area contributed by atoms with Gasteiger partial charge in [0.25, 0.3) is 5.91 Å². The number of hydrogen-bond acceptors (Lipinski definition) is 5. The van der Waals surface area contributed by atoms with Gasteiger partial charge in [0.2, 0.25) is 0 Å². The third-order valence-corrected chi connectivity index (χ3v) is 7.54. The third-order valence-electron chi connectivity index (χ3n) is 6.35. The molecule has 0 unspecified atom stereocenters. The van der Waals surface area contributed by atoms with Gasteiger partial charge in [-0.05, 0) is 44.2 Å². The zero-order chi connectivity index (χ0) is 23.1. The standard InChI is InChI=1S/C26H28N4O2S/c1-17-8-10-20(11-9-17)30-13-12-29(16-18(30)2)25(31)23-15-22-24(27-28(3)26(22)33-23)19-6-5-7-21(14-19)32-4/h5-11,14-15,18H,12-13,16H2,1-4H3/t18-/m1/s1. The Kier molecular flexibility index (Phi) is 5.58. The summed E-state index contributed by atoms with van der Waals surface area (Å²) in [5, 5.41) is 5.72. The average molecular weight is 461 g/mol. The van der Waals surface area contributed by atoms with Gasteiger partial charge in [0.1, 0.15) is 16.3 Å². The fourth-order valence-electron chi connectivity index (χ4n) is 4.55. The zero-order valence-electron chi connectivity index (χ0n) is 19.4. The van der Waals surface area contributed by atoms with Crippen LogP contribution in [-0.4, -0.2) is 53.4 Å². The maximum absolute atomic E-state index is 13.4. The molecule has 1 saturated heterocycles. The maximum Gasteiger partial charge on any atom is 0.264 e. The van der Waals surface area contributed by atoms with Crippen LogP contribution in [0.15, 0.2) is 54.6 Å². The van der Waals surface area contributed by atoms with Crippen molar-refractivity contribution in [2.45, 2.75) is 19.9 Å². The number of methoxy groups -OCH3 is 1. The molecule has 1 fully saturated rings. The van der Waals surface area contributed by atoms with Crippen LogP contribution < -0.4 is 9.64 Å². The van der Waals surface area contributed by atoms with Gasteiger partial charge in [-0.25, -0.2) is 0 Å². The van der Waals surface area contributed by atoms with Gasteiger partial charge in [-0.2, -0.15) is 5.10 Å². The smallest absolute Gasteiger partial charge is 0.264 e. The van der Waals surface area contributed by atoms with Crippen LogP contribution in [0.3, 0.4) is 0 Å². The quantitative estimate of drug-likeness (QED) is 0.432. The number of nitrogens with zero attached hydrogens (tertiary/aromatic N) is 4. The number of aromatic nitrogens is 2. The molecular weight excluding hydrogens is 432 g/mol. The first-order valence-corrected chi connectivity index (χ1v) is 12.0. The van der Waals surface area contributed by atoms with Crippen molar-refractivity contribution in [2.24, 2.45) is 7.05 Å². The van der Waals surface area contributed by atoms with Crippen LogP contribution in [0.5, 0.6) is 5.75 Å². The number of amides is 1. The molecule has 0 aliphatic carbocycles. The van der Waals surface area contributed by atoms with Gasteiger partial charge >= 0.3 is 0 Å². The summed E-state index contributed by atoms with van der Waals surface area (Å²) in [7, 11) is 3.59. The molecule has 2 aromatic heterocycles. The Bertz CT molecular complexity index is 1310. The fourth-order valence-corrected chi connectivity index (χ4v) is 5.59. The van der Waals surface area contributed by atoms with Gasteiger partial charge in [-0.1, -0.05) is 29.8 Å². The van der Waals surface area contributed by atoms with Crippen molar-refractivity contribution < 1.29 is 9.53 Å². The molecule has 2 aromatic carbocycles. The van der Waals surface area contributed by atoms with E-state index in [1.54, 1.807) is 7.11 Å². The first kappa shape index (κ1) is 21.5. The summed E-state index contributed by atoms with van der Waals surface area (Å²) in [5.74, 6) is 0.890. The Labute approximate surface area is 198 Å². The van der Waals surface area contributed by atoms with Crippen LogP contribution in [0, 0.1) is 6.92 Å². The van der Waals surface area contributed by atoms with E-state index >= 15 is 0 Å². The Morgan fingerprint density at radius 2 is 1.91 bits per heavy atom. The predicted molar refractivity (Wildman–Crippen MR) is 134 cm³/mol. The van der Waals surface area contributed by atoms with E-state index in [0.717, 1.165) is 38.6 Å². The molecular formula is C26H28N4O2S. The molecule has 0 radical (unpaired) electrons. The maximum atomic E-state index is 13.4. The van der Waals surface area contributed by atoms with Crippen molar-refractivity contribution in [3.63, 3.8) is 0 Å². The lowest BCUT2D eigenvalue weighted by molar-refractivity contribution is 0.0731. The monoisotopic (exact) mass is 460 g/mol. The number of hydrogen-bond donors (Lipinski definition) is 0. The Morgan fingerprint density at radius 3 is 2.64 bits per heavy atom. The first-order valence-electron chi connectivity index (χ1n) is 11.2. The van der Waals surface area contributed by atoms with E-state index in [4.69, 9.17) is 9.84 Å². The summed E-state index contributed by atoms with van der Waals surface area (Å²) < 4.78 is 7.24. The Morgan fingerprint density at radius 1 is 1.12 bits per heavy atom. The van der Waals surface area contributed by atoms with Crippen molar-refractivity contribution in [3.05, 3.63) is 65.0 Å². The molecule has 1 amide bonds. The van der Waals surface area contributed by atoms with Crippen molar-refractivity contribution in [1.29, 1.82) is 0 Å². The highest BCUT2D eigenvalue weighted by Gasteiger charge is 2.29. The van der Waals surface area contributed by atoms with E-state index in [-0.39, 0.29) is 11.9 Å². The predicted octanol–water partition coefficient (Wildman–Crippen LogP) is 4.97. The van der Waals surface area contributed by atoms with Gasteiger partial charge in [-0.3, -0.25) is 9.48 Å². The summed E-state index contributed by atoms with van der Waals surface area (Å²) in [4.78, 5) is 19.6. The topological polar surface area (TPSA) is 50.6 Å². The summed E-state index contributed by atoms with van der Waals surface area (Å²) in [6.07, 6.45) is 0. The zero-order valence-corrected chi connectivity index (χ0v) is 20.2. The Balaban J connectivity index is 1.38. The number of carbonyl (C=O) groups is 1. The summed E-state index contributed by atoms with van der Waals surface area (Å²) >= 11 is 1.52. The van der Waals surface area contributed by atoms with Gasteiger partial charge in [0, 0.05) is 49.4 Å². The molecule has 33 heavy (non-hydrogen) atoms. The molecule has 0 spiro atoms. The summed E-state index contributed by atoms with van der Waals surface area (Å²) in [6, 6.07) is 18.8. The van der Waals surface area contributed by atoms with E-state index < -0.39 is 0 Å². The normalized spacial score (nSPS) is 16.4. The van der Waals surface area contributed by atoms with Gasteiger partial charge in [-0.15, -0.1) is 11.3 Å². The molecule has 1 atom stereocenters. The van der Waals surface area contributed by atoms with Crippen LogP contribution in [0.1, 0.15) is 22.2 Å². The molecule has 7 heteroatoms. The minimum Gasteiger partial charge on any atom is -0.497 e. The molecule has 0 N–H and O–H groups in total. The lowest BCUT2D eigenvalue weighted by atomic mass is 10.1. The van der Waals surface area contributed by atoms with Crippen molar-refractivity contribution in [3.8, 4) is 17.0 Å². The second kappa shape index (κ2) is 8.56. The van der Waals surface area contributed by atoms with Crippen LogP contribution in [0.4, 0.5) is 5.69 Å². The number of anilines is 1. The van der Waals surface area contributed by atoms with Gasteiger partial charge in [0.05, 0.1) is 12.0 Å². The number of piperazine rings is 1. The van der Waals surface area contributed by atoms with Crippen molar-refractivity contribution in [2.75, 3.05) is 31.6 Å². The molecule has 6 nitrogen and oxygen atoms in total. The van der Waals surface area contributed by atoms with Gasteiger partial charge in [0.15, 0.2) is 0 Å². The molecule has 1 aliphatic heterocycles. The molecule has 3 heterocycles. The number of thiophene rings is 1. The summed E-state index contributed by atoms with van der Waals surface area (Å²) in [6.45, 7) is 6.55. The number of aryl methyl sites for hydroxylation is 2. The average Bonchev–Trinajstić information content (AvgIpc) is 3.40. The molecule has 170 valence electrons. The second-order valence-electron chi connectivity index (χ2n) is 8.66. The third kappa shape index (κ3) is 3.97. The van der Waals surface area contributed by atoms with Crippen LogP contribution >= 0.6 is 11.3 Å². The number of rotatable bonds is 4. The summed E-state index contributed by atoms with van der Waals surface area (Å²) in [5.41, 5.74) is 4.33. The molecule has 0 saturated carbocycles. The lowest BCUT2D eigenvalue weighted by Gasteiger charge is -2.41. The van der Waals surface area contributed by atoms with Gasteiger partial charge < -0.3 is 14.5 Å². The number of fused-ring (bicyclic) bond motifs is 1. The Hall–Kier alpha value is -3.32. The number of ether oxygens (including phenoxy) is 1. The van der Waals surface area contributed by atoms with E-state index in [1.807, 2.05) is 47.0 Å². The van der Waals surface area contributed by atoms with Crippen LogP contribution in [-0.2, 0) is 7.05 Å². The highest BCUT2D eigenvalue weighted by molar-refractivity contribution is 7.20. The SMILES string of the molecule is COc1cccc(-c2nn(C)c3sc(C(=O)N4CCN(c5ccc(C)cc5)[C@H](C)C4)cc23)c1. The number of carbonyl (C=O) groups excluding carboxylic acids is 1. The lowest BCUT2D eigenvalue weighted by Crippen LogP contribution is -2.53. The molecule has 1 aliphatic rings. The van der Waals surface area contributed by atoms with Crippen LogP contribution in [0.25, 0.3) is 21.5 Å². The molecule has 5 rings (SSSR count). The van der Waals surface area contributed by atoms with Crippen molar-refractivity contribution in [1.82, 2.24) is 14.7 Å². The second-order valence-corrected chi connectivity index (χ2v) is 9.69. The first-order chi connectivity index (χ1) is 15.9. The van der Waals surface area contributed by atoms with E-state index in [1.165, 1.54) is 22.6 Å². The van der Waals surface area contributed by atoms with E-state index in [9.17, 15) is 4.79 Å². The van der Waals surface area contributed by atoms with E-state index in [2.05, 4.69) is 43.0 Å². The fraction of sp³-hybridized carbons (Fsp3) is 0.308. The largest absolute Gasteiger partial charge is 0.497 e. The van der Waals surface area contributed by atoms with Crippen molar-refractivity contribution >= 4 is 33.1 Å². The molecule has 4 aromatic rings. The highest BCUT2D eigenvalue weighted by atomic mass is 32.1. The minimum atomic E-state index is 0.100. The van der Waals surface area contributed by atoms with Crippen LogP contribution in [0.2, 0.25) is 0 Å². The molecule has 0 bridgehead atoms. The highest BCUT2D eigenvalue weighted by Crippen LogP contribution is 2.35. The van der Waals surface area contributed by atoms with E-state index in [0.29, 0.717) is 13.1 Å².